The quantitative estimate of drug-likeness (QED) is 0.886. The highest BCUT2D eigenvalue weighted by molar-refractivity contribution is 5.32. The standard InChI is InChI=1S/C15H20FN3/c1-11(2)10-19-8-7-17-15(19)18-12(3)13-5-4-6-14(16)9-13/h4-9,11-12H,10H2,1-3H3,(H,17,18). The van der Waals surface area contributed by atoms with Gasteiger partial charge in [0.15, 0.2) is 0 Å². The third-order valence-electron chi connectivity index (χ3n) is 2.97. The van der Waals surface area contributed by atoms with Crippen LogP contribution in [-0.4, -0.2) is 9.55 Å². The highest BCUT2D eigenvalue weighted by Gasteiger charge is 2.10. The SMILES string of the molecule is CC(C)Cn1ccnc1NC(C)c1cccc(F)c1. The highest BCUT2D eigenvalue weighted by Crippen LogP contribution is 2.19. The molecule has 3 nitrogen and oxygen atoms in total. The van der Waals surface area contributed by atoms with Crippen molar-refractivity contribution in [1.82, 2.24) is 9.55 Å². The molecule has 2 aromatic rings. The van der Waals surface area contributed by atoms with E-state index in [4.69, 9.17) is 0 Å². The number of aromatic nitrogens is 2. The summed E-state index contributed by atoms with van der Waals surface area (Å²) >= 11 is 0. The molecule has 2 rings (SSSR count). The van der Waals surface area contributed by atoms with Gasteiger partial charge in [-0.2, -0.15) is 0 Å². The summed E-state index contributed by atoms with van der Waals surface area (Å²) in [5.74, 6) is 1.17. The molecule has 0 amide bonds. The van der Waals surface area contributed by atoms with Gasteiger partial charge in [-0.3, -0.25) is 0 Å². The minimum atomic E-state index is -0.211. The van der Waals surface area contributed by atoms with Crippen molar-refractivity contribution < 1.29 is 4.39 Å². The second kappa shape index (κ2) is 5.87. The number of nitrogens with one attached hydrogen (secondary N) is 1. The smallest absolute Gasteiger partial charge is 0.203 e. The molecular weight excluding hydrogens is 241 g/mol. The van der Waals surface area contributed by atoms with Crippen molar-refractivity contribution in [2.24, 2.45) is 5.92 Å². The molecule has 4 heteroatoms. The van der Waals surface area contributed by atoms with E-state index >= 15 is 0 Å². The molecule has 0 aliphatic carbocycles. The largest absolute Gasteiger partial charge is 0.349 e. The molecule has 0 bridgehead atoms. The third kappa shape index (κ3) is 3.56. The number of hydrogen-bond acceptors (Lipinski definition) is 2. The fourth-order valence-corrected chi connectivity index (χ4v) is 2.04. The molecule has 0 fully saturated rings. The van der Waals surface area contributed by atoms with Gasteiger partial charge < -0.3 is 9.88 Å². The Bertz CT molecular complexity index is 534. The predicted octanol–water partition coefficient (Wildman–Crippen LogP) is 3.85. The molecule has 1 heterocycles. The molecule has 1 atom stereocenters. The zero-order valence-electron chi connectivity index (χ0n) is 11.6. The lowest BCUT2D eigenvalue weighted by Crippen LogP contribution is -2.13. The molecule has 0 aliphatic rings. The summed E-state index contributed by atoms with van der Waals surface area (Å²) in [7, 11) is 0. The fourth-order valence-electron chi connectivity index (χ4n) is 2.04. The first kappa shape index (κ1) is 13.6. The minimum absolute atomic E-state index is 0.0176. The van der Waals surface area contributed by atoms with Gasteiger partial charge in [0.2, 0.25) is 5.95 Å². The van der Waals surface area contributed by atoms with Gasteiger partial charge in [0.25, 0.3) is 0 Å². The second-order valence-electron chi connectivity index (χ2n) is 5.22. The molecule has 102 valence electrons. The topological polar surface area (TPSA) is 29.9 Å². The van der Waals surface area contributed by atoms with Gasteiger partial charge in [-0.1, -0.05) is 26.0 Å². The molecule has 0 saturated heterocycles. The normalized spacial score (nSPS) is 12.7. The number of benzene rings is 1. The summed E-state index contributed by atoms with van der Waals surface area (Å²) in [5, 5.41) is 3.32. The van der Waals surface area contributed by atoms with Crippen molar-refractivity contribution >= 4 is 5.95 Å². The first-order chi connectivity index (χ1) is 9.06. The van der Waals surface area contributed by atoms with E-state index < -0.39 is 0 Å². The van der Waals surface area contributed by atoms with Crippen molar-refractivity contribution in [3.8, 4) is 0 Å². The molecular formula is C15H20FN3. The van der Waals surface area contributed by atoms with Crippen LogP contribution in [0.25, 0.3) is 0 Å². The van der Waals surface area contributed by atoms with Crippen molar-refractivity contribution in [3.63, 3.8) is 0 Å². The van der Waals surface area contributed by atoms with Crippen LogP contribution in [0.2, 0.25) is 0 Å². The zero-order valence-corrected chi connectivity index (χ0v) is 11.6. The Labute approximate surface area is 113 Å². The summed E-state index contributed by atoms with van der Waals surface area (Å²) in [5.41, 5.74) is 0.916. The van der Waals surface area contributed by atoms with Crippen LogP contribution in [0.15, 0.2) is 36.7 Å². The summed E-state index contributed by atoms with van der Waals surface area (Å²) in [6.45, 7) is 7.25. The van der Waals surface area contributed by atoms with Gasteiger partial charge >= 0.3 is 0 Å². The van der Waals surface area contributed by atoms with Crippen molar-refractivity contribution in [1.29, 1.82) is 0 Å². The Balaban J connectivity index is 2.10. The molecule has 0 aliphatic heterocycles. The Morgan fingerprint density at radius 3 is 2.79 bits per heavy atom. The molecule has 0 radical (unpaired) electrons. The molecule has 1 aromatic carbocycles. The minimum Gasteiger partial charge on any atom is -0.349 e. The number of rotatable bonds is 5. The summed E-state index contributed by atoms with van der Waals surface area (Å²) < 4.78 is 15.3. The molecule has 19 heavy (non-hydrogen) atoms. The maximum Gasteiger partial charge on any atom is 0.203 e. The van der Waals surface area contributed by atoms with Gasteiger partial charge in [0.1, 0.15) is 5.82 Å². The number of hydrogen-bond donors (Lipinski definition) is 1. The van der Waals surface area contributed by atoms with Gasteiger partial charge in [0, 0.05) is 18.9 Å². The molecule has 0 saturated carbocycles. The van der Waals surface area contributed by atoms with Crippen LogP contribution >= 0.6 is 0 Å². The maximum atomic E-state index is 13.2. The van der Waals surface area contributed by atoms with Crippen LogP contribution in [0.3, 0.4) is 0 Å². The van der Waals surface area contributed by atoms with Crippen LogP contribution in [0.1, 0.15) is 32.4 Å². The highest BCUT2D eigenvalue weighted by atomic mass is 19.1. The summed E-state index contributed by atoms with van der Waals surface area (Å²) in [6, 6.07) is 6.66. The van der Waals surface area contributed by atoms with Gasteiger partial charge in [-0.25, -0.2) is 9.37 Å². The van der Waals surface area contributed by atoms with E-state index in [-0.39, 0.29) is 11.9 Å². The first-order valence-corrected chi connectivity index (χ1v) is 6.59. The number of anilines is 1. The Morgan fingerprint density at radius 1 is 1.32 bits per heavy atom. The van der Waals surface area contributed by atoms with Crippen LogP contribution in [-0.2, 0) is 6.54 Å². The van der Waals surface area contributed by atoms with E-state index in [0.717, 1.165) is 18.1 Å². The van der Waals surface area contributed by atoms with Gasteiger partial charge in [0.05, 0.1) is 6.04 Å². The number of nitrogens with zero attached hydrogens (tertiary/aromatic N) is 2. The Hall–Kier alpha value is -1.84. The van der Waals surface area contributed by atoms with E-state index in [0.29, 0.717) is 5.92 Å². The van der Waals surface area contributed by atoms with Crippen LogP contribution < -0.4 is 5.32 Å². The summed E-state index contributed by atoms with van der Waals surface area (Å²) in [4.78, 5) is 4.32. The maximum absolute atomic E-state index is 13.2. The lowest BCUT2D eigenvalue weighted by molar-refractivity contribution is 0.524. The lowest BCUT2D eigenvalue weighted by Gasteiger charge is -2.17. The third-order valence-corrected chi connectivity index (χ3v) is 2.97. The molecule has 0 spiro atoms. The first-order valence-electron chi connectivity index (χ1n) is 6.59. The van der Waals surface area contributed by atoms with E-state index in [1.807, 2.05) is 19.2 Å². The van der Waals surface area contributed by atoms with Crippen LogP contribution in [0.5, 0.6) is 0 Å². The average Bonchev–Trinajstić information content (AvgIpc) is 2.75. The van der Waals surface area contributed by atoms with E-state index in [1.54, 1.807) is 18.3 Å². The van der Waals surface area contributed by atoms with Gasteiger partial charge in [-0.15, -0.1) is 0 Å². The Morgan fingerprint density at radius 2 is 2.11 bits per heavy atom. The predicted molar refractivity (Wildman–Crippen MR) is 75.5 cm³/mol. The monoisotopic (exact) mass is 261 g/mol. The second-order valence-corrected chi connectivity index (χ2v) is 5.22. The van der Waals surface area contributed by atoms with Crippen molar-refractivity contribution in [3.05, 3.63) is 48.0 Å². The molecule has 1 unspecified atom stereocenters. The van der Waals surface area contributed by atoms with Crippen molar-refractivity contribution in [2.45, 2.75) is 33.4 Å². The number of halogens is 1. The summed E-state index contributed by atoms with van der Waals surface area (Å²) in [6.07, 6.45) is 3.74. The van der Waals surface area contributed by atoms with Crippen molar-refractivity contribution in [2.75, 3.05) is 5.32 Å². The van der Waals surface area contributed by atoms with E-state index in [9.17, 15) is 4.39 Å². The average molecular weight is 261 g/mol. The fraction of sp³-hybridized carbons (Fsp3) is 0.400. The Kier molecular flexibility index (Phi) is 4.20. The van der Waals surface area contributed by atoms with E-state index in [2.05, 4.69) is 28.7 Å². The zero-order chi connectivity index (χ0) is 13.8. The van der Waals surface area contributed by atoms with Crippen LogP contribution in [0.4, 0.5) is 10.3 Å². The van der Waals surface area contributed by atoms with Gasteiger partial charge in [-0.05, 0) is 30.5 Å². The molecule has 1 N–H and O–H groups in total. The molecule has 1 aromatic heterocycles. The van der Waals surface area contributed by atoms with E-state index in [1.165, 1.54) is 6.07 Å². The van der Waals surface area contributed by atoms with Crippen LogP contribution in [0, 0.1) is 11.7 Å². The lowest BCUT2D eigenvalue weighted by atomic mass is 10.1. The number of imidazole rings is 1.